The van der Waals surface area contributed by atoms with Gasteiger partial charge in [-0.25, -0.2) is 0 Å². The van der Waals surface area contributed by atoms with Crippen LogP contribution >= 0.6 is 0 Å². The number of nitrogens with one attached hydrogen (secondary N) is 1. The van der Waals surface area contributed by atoms with Crippen LogP contribution in [0.2, 0.25) is 0 Å². The number of hydrogen-bond acceptors (Lipinski definition) is 4. The van der Waals surface area contributed by atoms with Crippen LogP contribution in [0, 0.1) is 61.6 Å². The molecule has 1 N–H and O–H groups in total. The predicted molar refractivity (Wildman–Crippen MR) is 157 cm³/mol. The van der Waals surface area contributed by atoms with Crippen LogP contribution in [0.5, 0.6) is 0 Å². The molecule has 0 heterocycles. The third-order valence-electron chi connectivity index (χ3n) is 13.4. The molecular formula is C35H47F3N2O3. The van der Waals surface area contributed by atoms with Gasteiger partial charge in [0.2, 0.25) is 5.91 Å². The highest BCUT2D eigenvalue weighted by Crippen LogP contribution is 2.75. The Morgan fingerprint density at radius 2 is 1.67 bits per heavy atom. The topological polar surface area (TPSA) is 87.0 Å². The van der Waals surface area contributed by atoms with E-state index in [1.54, 1.807) is 0 Å². The molecule has 5 aliphatic rings. The van der Waals surface area contributed by atoms with E-state index in [0.29, 0.717) is 6.42 Å². The molecule has 0 radical (unpaired) electrons. The van der Waals surface area contributed by atoms with Gasteiger partial charge in [-0.2, -0.15) is 18.4 Å². The van der Waals surface area contributed by atoms with Crippen molar-refractivity contribution in [1.29, 1.82) is 5.26 Å². The smallest absolute Gasteiger partial charge is 0.347 e. The first-order valence-electron chi connectivity index (χ1n) is 15.9. The molecule has 2 unspecified atom stereocenters. The number of halogens is 3. The molecule has 0 aromatic carbocycles. The molecule has 7 atom stereocenters. The molecule has 43 heavy (non-hydrogen) atoms. The van der Waals surface area contributed by atoms with Crippen LogP contribution in [-0.4, -0.2) is 30.2 Å². The van der Waals surface area contributed by atoms with Crippen molar-refractivity contribution in [2.24, 2.45) is 50.2 Å². The molecule has 0 bridgehead atoms. The Labute approximate surface area is 254 Å². The van der Waals surface area contributed by atoms with E-state index in [-0.39, 0.29) is 63.0 Å². The van der Waals surface area contributed by atoms with E-state index < -0.39 is 29.5 Å². The largest absolute Gasteiger partial charge is 0.405 e. The molecular weight excluding hydrogens is 553 g/mol. The Balaban J connectivity index is 1.55. The van der Waals surface area contributed by atoms with Crippen molar-refractivity contribution in [3.8, 4) is 6.07 Å². The second-order valence-corrected chi connectivity index (χ2v) is 16.5. The van der Waals surface area contributed by atoms with Crippen molar-refractivity contribution >= 4 is 17.5 Å². The first-order valence-corrected chi connectivity index (χ1v) is 15.9. The molecule has 3 fully saturated rings. The van der Waals surface area contributed by atoms with Gasteiger partial charge in [0, 0.05) is 23.2 Å². The summed E-state index contributed by atoms with van der Waals surface area (Å²) in [5.41, 5.74) is -1.07. The van der Waals surface area contributed by atoms with Gasteiger partial charge in [0.05, 0.1) is 5.57 Å². The Morgan fingerprint density at radius 3 is 2.30 bits per heavy atom. The van der Waals surface area contributed by atoms with Gasteiger partial charge in [0.15, 0.2) is 11.6 Å². The summed E-state index contributed by atoms with van der Waals surface area (Å²) in [6, 6.07) is 2.15. The monoisotopic (exact) mass is 600 g/mol. The molecule has 5 nitrogen and oxygen atoms in total. The zero-order chi connectivity index (χ0) is 32.0. The Morgan fingerprint density at radius 1 is 1.02 bits per heavy atom. The zero-order valence-electron chi connectivity index (χ0n) is 26.8. The van der Waals surface area contributed by atoms with Gasteiger partial charge in [-0.15, -0.1) is 0 Å². The maximum absolute atomic E-state index is 14.6. The summed E-state index contributed by atoms with van der Waals surface area (Å²) in [6.07, 6.45) is 5.68. The maximum Gasteiger partial charge on any atom is 0.405 e. The molecule has 0 aliphatic heterocycles. The summed E-state index contributed by atoms with van der Waals surface area (Å²) >= 11 is 0. The number of nitriles is 1. The lowest BCUT2D eigenvalue weighted by Gasteiger charge is -2.69. The predicted octanol–water partition coefficient (Wildman–Crippen LogP) is 7.66. The number of hydrogen-bond donors (Lipinski definition) is 1. The number of carbonyl (C=O) groups is 3. The molecule has 0 saturated heterocycles. The van der Waals surface area contributed by atoms with E-state index in [9.17, 15) is 32.8 Å². The number of carbonyl (C=O) groups excluding carboxylic acids is 3. The van der Waals surface area contributed by atoms with Gasteiger partial charge < -0.3 is 5.32 Å². The van der Waals surface area contributed by atoms with Crippen molar-refractivity contribution in [3.63, 3.8) is 0 Å². The molecule has 0 aromatic rings. The van der Waals surface area contributed by atoms with Crippen molar-refractivity contribution < 1.29 is 27.6 Å². The van der Waals surface area contributed by atoms with Crippen LogP contribution in [-0.2, 0) is 14.4 Å². The number of ketones is 2. The summed E-state index contributed by atoms with van der Waals surface area (Å²) in [6.45, 7) is 13.7. The minimum absolute atomic E-state index is 0.0119. The lowest BCUT2D eigenvalue weighted by molar-refractivity contribution is -0.173. The number of amides is 1. The average molecular weight is 601 g/mol. The van der Waals surface area contributed by atoms with Crippen LogP contribution in [0.4, 0.5) is 13.2 Å². The fraction of sp³-hybridized carbons (Fsp3) is 0.771. The van der Waals surface area contributed by atoms with Crippen molar-refractivity contribution in [2.75, 3.05) is 6.54 Å². The van der Waals surface area contributed by atoms with Gasteiger partial charge in [-0.1, -0.05) is 60.1 Å². The fourth-order valence-corrected chi connectivity index (χ4v) is 10.8. The van der Waals surface area contributed by atoms with Crippen molar-refractivity contribution in [2.45, 2.75) is 112 Å². The van der Waals surface area contributed by atoms with E-state index in [1.807, 2.05) is 31.3 Å². The molecule has 1 amide bonds. The lowest BCUT2D eigenvalue weighted by atomic mass is 9.34. The van der Waals surface area contributed by atoms with E-state index in [0.717, 1.165) is 50.5 Å². The van der Waals surface area contributed by atoms with Crippen molar-refractivity contribution in [3.05, 3.63) is 23.3 Å². The van der Waals surface area contributed by atoms with E-state index in [2.05, 4.69) is 40.7 Å². The van der Waals surface area contributed by atoms with E-state index in [1.165, 1.54) is 0 Å². The van der Waals surface area contributed by atoms with Gasteiger partial charge in [0.25, 0.3) is 0 Å². The first kappa shape index (κ1) is 32.0. The van der Waals surface area contributed by atoms with E-state index >= 15 is 0 Å². The normalized spacial score (nSPS) is 41.4. The highest BCUT2D eigenvalue weighted by Gasteiger charge is 2.69. The third-order valence-corrected chi connectivity index (χ3v) is 13.4. The maximum atomic E-state index is 14.6. The fourth-order valence-electron chi connectivity index (χ4n) is 10.8. The summed E-state index contributed by atoms with van der Waals surface area (Å²) in [7, 11) is 0. The summed E-state index contributed by atoms with van der Waals surface area (Å²) in [5.74, 6) is -0.888. The Hall–Kier alpha value is -2.43. The molecule has 5 aliphatic carbocycles. The van der Waals surface area contributed by atoms with Gasteiger partial charge >= 0.3 is 6.18 Å². The highest BCUT2D eigenvalue weighted by atomic mass is 19.4. The van der Waals surface area contributed by atoms with Crippen LogP contribution in [0.3, 0.4) is 0 Å². The lowest BCUT2D eigenvalue weighted by Crippen LogP contribution is -2.64. The second kappa shape index (κ2) is 9.78. The highest BCUT2D eigenvalue weighted by molar-refractivity contribution is 6.04. The van der Waals surface area contributed by atoms with Gasteiger partial charge in [-0.05, 0) is 90.9 Å². The summed E-state index contributed by atoms with van der Waals surface area (Å²) in [5, 5.41) is 12.0. The number of fused-ring (bicyclic) bond motifs is 7. The second-order valence-electron chi connectivity index (χ2n) is 16.5. The first-order chi connectivity index (χ1) is 19.7. The van der Waals surface area contributed by atoms with Gasteiger partial charge in [0.1, 0.15) is 12.6 Å². The van der Waals surface area contributed by atoms with Crippen LogP contribution < -0.4 is 5.32 Å². The number of Topliss-reactive ketones (excluding diaryl/α,β-unsaturated/α-hetero) is 1. The number of nitrogens with zero attached hydrogens (tertiary/aromatic N) is 1. The molecule has 236 valence electrons. The number of rotatable bonds is 4. The minimum Gasteiger partial charge on any atom is -0.347 e. The SMILES string of the molecule is CC1(C)CC[C@]2(CCC(=O)NCC(F)(F)F)CC[C@]3(C)C(C(=O)C=C4[C@@]5(C)C=C(C#N)C(=O)C(C)(C)[C@@H]5CC[C@]43C)C2C1. The Bertz CT molecular complexity index is 1350. The molecule has 0 spiro atoms. The molecule has 3 saturated carbocycles. The number of allylic oxidation sites excluding steroid dienone is 4. The zero-order valence-corrected chi connectivity index (χ0v) is 26.8. The third kappa shape index (κ3) is 4.74. The summed E-state index contributed by atoms with van der Waals surface area (Å²) < 4.78 is 38.2. The minimum atomic E-state index is -4.45. The van der Waals surface area contributed by atoms with Crippen molar-refractivity contribution in [1.82, 2.24) is 5.32 Å². The number of alkyl halides is 3. The van der Waals surface area contributed by atoms with E-state index in [4.69, 9.17) is 0 Å². The van der Waals surface area contributed by atoms with Crippen LogP contribution in [0.1, 0.15) is 106 Å². The average Bonchev–Trinajstić information content (AvgIpc) is 2.89. The summed E-state index contributed by atoms with van der Waals surface area (Å²) in [4.78, 5) is 40.3. The standard InChI is InChI=1S/C35H47F3N2O3/c1-29(2)12-14-34(11-9-26(42)40-20-35(36,37)38)15-13-33(7)27(22(34)18-29)23(41)16-25-31(5)17-21(19-39)28(43)30(3,4)24(31)8-10-32(25,33)6/h16-17,22,24,27H,8-15,18,20H2,1-7H3,(H,40,42)/t22?,24-,27?,31-,32+,33+,34+/m0/s1. The van der Waals surface area contributed by atoms with Gasteiger partial charge in [-0.3, -0.25) is 14.4 Å². The molecule has 0 aromatic heterocycles. The molecule has 8 heteroatoms. The van der Waals surface area contributed by atoms with Crippen LogP contribution in [0.15, 0.2) is 23.3 Å². The quantitative estimate of drug-likeness (QED) is 0.359. The Kier molecular flexibility index (Phi) is 7.28. The molecule has 5 rings (SSSR count). The van der Waals surface area contributed by atoms with Crippen LogP contribution in [0.25, 0.3) is 0 Å².